The number of carbonyl (C=O) groups excluding carboxylic acids is 1. The van der Waals surface area contributed by atoms with E-state index >= 15 is 0 Å². The van der Waals surface area contributed by atoms with Gasteiger partial charge in [0.15, 0.2) is 0 Å². The molecule has 0 spiro atoms. The number of hydrogen-bond donors (Lipinski definition) is 0. The minimum Gasteiger partial charge on any atom is -0.427 e. The molecule has 0 amide bonds. The van der Waals surface area contributed by atoms with Gasteiger partial charge in [-0.25, -0.2) is 0 Å². The van der Waals surface area contributed by atoms with Crippen LogP contribution in [0.3, 0.4) is 0 Å². The van der Waals surface area contributed by atoms with Gasteiger partial charge in [-0.3, -0.25) is 4.79 Å². The quantitative estimate of drug-likeness (QED) is 0.173. The number of ether oxygens (including phenoxy) is 1. The smallest absolute Gasteiger partial charge is 0.311 e. The molecule has 1 aliphatic rings. The third kappa shape index (κ3) is 8.65. The summed E-state index contributed by atoms with van der Waals surface area (Å²) in [6.07, 6.45) is 17.3. The average molecular weight is 449 g/mol. The van der Waals surface area contributed by atoms with E-state index in [9.17, 15) is 4.79 Å². The second-order valence-electron chi connectivity index (χ2n) is 10.00. The number of carbonyl (C=O) groups is 1. The summed E-state index contributed by atoms with van der Waals surface area (Å²) in [5.74, 6) is 2.21. The molecule has 1 saturated carbocycles. The predicted molar refractivity (Wildman–Crippen MR) is 140 cm³/mol. The highest BCUT2D eigenvalue weighted by Gasteiger charge is 2.22. The molecule has 0 heterocycles. The van der Waals surface area contributed by atoms with Gasteiger partial charge in [0.05, 0.1) is 0 Å². The van der Waals surface area contributed by atoms with Crippen LogP contribution in [0.2, 0.25) is 0 Å². The van der Waals surface area contributed by atoms with Gasteiger partial charge >= 0.3 is 5.97 Å². The second kappa shape index (κ2) is 14.2. The van der Waals surface area contributed by atoms with Crippen LogP contribution in [0.4, 0.5) is 0 Å². The second-order valence-corrected chi connectivity index (χ2v) is 10.00. The standard InChI is InChI=1S/C31H44O2/c1-3-5-7-8-10-12-31(32)33-30-23-21-29(22-24-30)28-19-17-27(18-20-28)26-15-13-25(14-16-26)11-9-6-4-2/h17-26H,3-16H2,1-2H3. The summed E-state index contributed by atoms with van der Waals surface area (Å²) >= 11 is 0. The summed E-state index contributed by atoms with van der Waals surface area (Å²) in [7, 11) is 0. The maximum absolute atomic E-state index is 12.1. The molecule has 1 fully saturated rings. The Hall–Kier alpha value is -2.09. The van der Waals surface area contributed by atoms with E-state index in [4.69, 9.17) is 4.74 Å². The van der Waals surface area contributed by atoms with Gasteiger partial charge in [-0.1, -0.05) is 102 Å². The highest BCUT2D eigenvalue weighted by atomic mass is 16.5. The SMILES string of the molecule is CCCCCCCC(=O)Oc1ccc(-c2ccc(C3CCC(CCCCC)CC3)cc2)cc1. The first kappa shape index (κ1) is 25.5. The van der Waals surface area contributed by atoms with Crippen molar-refractivity contribution in [3.05, 3.63) is 54.1 Å². The molecule has 180 valence electrons. The minimum absolute atomic E-state index is 0.122. The van der Waals surface area contributed by atoms with E-state index in [2.05, 4.69) is 50.2 Å². The Labute approximate surface area is 202 Å². The highest BCUT2D eigenvalue weighted by Crippen LogP contribution is 2.38. The Morgan fingerprint density at radius 2 is 1.30 bits per heavy atom. The Balaban J connectivity index is 1.44. The van der Waals surface area contributed by atoms with Gasteiger partial charge < -0.3 is 4.74 Å². The van der Waals surface area contributed by atoms with Crippen LogP contribution in [0, 0.1) is 5.92 Å². The Morgan fingerprint density at radius 1 is 0.727 bits per heavy atom. The molecule has 0 unspecified atom stereocenters. The van der Waals surface area contributed by atoms with Crippen LogP contribution in [-0.2, 0) is 4.79 Å². The lowest BCUT2D eigenvalue weighted by Crippen LogP contribution is -2.13. The van der Waals surface area contributed by atoms with Crippen molar-refractivity contribution in [2.75, 3.05) is 0 Å². The van der Waals surface area contributed by atoms with Gasteiger partial charge in [-0.15, -0.1) is 0 Å². The third-order valence-electron chi connectivity index (χ3n) is 7.35. The van der Waals surface area contributed by atoms with E-state index in [0.717, 1.165) is 24.7 Å². The predicted octanol–water partition coefficient (Wildman–Crippen LogP) is 9.47. The van der Waals surface area contributed by atoms with Crippen molar-refractivity contribution in [3.63, 3.8) is 0 Å². The summed E-state index contributed by atoms with van der Waals surface area (Å²) in [6.45, 7) is 4.49. The summed E-state index contributed by atoms with van der Waals surface area (Å²) in [5, 5.41) is 0. The lowest BCUT2D eigenvalue weighted by atomic mass is 9.77. The van der Waals surface area contributed by atoms with Gasteiger partial charge in [-0.2, -0.15) is 0 Å². The molecule has 0 N–H and O–H groups in total. The minimum atomic E-state index is -0.122. The van der Waals surface area contributed by atoms with Crippen LogP contribution < -0.4 is 4.74 Å². The van der Waals surface area contributed by atoms with E-state index in [-0.39, 0.29) is 5.97 Å². The van der Waals surface area contributed by atoms with Crippen molar-refractivity contribution >= 4 is 5.97 Å². The van der Waals surface area contributed by atoms with Gasteiger partial charge in [0.1, 0.15) is 5.75 Å². The van der Waals surface area contributed by atoms with Crippen molar-refractivity contribution in [2.24, 2.45) is 5.92 Å². The topological polar surface area (TPSA) is 26.3 Å². The lowest BCUT2D eigenvalue weighted by Gasteiger charge is -2.29. The van der Waals surface area contributed by atoms with Gasteiger partial charge in [-0.05, 0) is 72.8 Å². The molecular formula is C31H44O2. The molecule has 0 aromatic heterocycles. The number of unbranched alkanes of at least 4 members (excludes halogenated alkanes) is 6. The molecule has 0 radical (unpaired) electrons. The number of esters is 1. The zero-order chi connectivity index (χ0) is 23.3. The molecule has 2 nitrogen and oxygen atoms in total. The van der Waals surface area contributed by atoms with Crippen molar-refractivity contribution in [1.29, 1.82) is 0 Å². The summed E-state index contributed by atoms with van der Waals surface area (Å²) in [4.78, 5) is 12.1. The zero-order valence-corrected chi connectivity index (χ0v) is 21.0. The first-order valence-corrected chi connectivity index (χ1v) is 13.6. The molecule has 3 rings (SSSR count). The van der Waals surface area contributed by atoms with Crippen molar-refractivity contribution < 1.29 is 9.53 Å². The lowest BCUT2D eigenvalue weighted by molar-refractivity contribution is -0.134. The highest BCUT2D eigenvalue weighted by molar-refractivity contribution is 5.73. The van der Waals surface area contributed by atoms with Crippen LogP contribution in [0.5, 0.6) is 5.75 Å². The number of hydrogen-bond acceptors (Lipinski definition) is 2. The van der Waals surface area contributed by atoms with E-state index < -0.39 is 0 Å². The normalized spacial score (nSPS) is 18.2. The molecule has 0 saturated heterocycles. The monoisotopic (exact) mass is 448 g/mol. The molecule has 2 aromatic rings. The number of rotatable bonds is 13. The molecule has 2 aromatic carbocycles. The van der Waals surface area contributed by atoms with Crippen LogP contribution in [0.15, 0.2) is 48.5 Å². The van der Waals surface area contributed by atoms with E-state index in [0.29, 0.717) is 12.2 Å². The molecule has 2 heteroatoms. The van der Waals surface area contributed by atoms with E-state index in [1.807, 2.05) is 12.1 Å². The Morgan fingerprint density at radius 3 is 1.94 bits per heavy atom. The van der Waals surface area contributed by atoms with Crippen molar-refractivity contribution in [2.45, 2.75) is 110 Å². The first-order chi connectivity index (χ1) is 16.2. The van der Waals surface area contributed by atoms with Gasteiger partial charge in [0, 0.05) is 6.42 Å². The fourth-order valence-corrected chi connectivity index (χ4v) is 5.19. The van der Waals surface area contributed by atoms with Gasteiger partial charge in [0.25, 0.3) is 0 Å². The number of benzene rings is 2. The van der Waals surface area contributed by atoms with E-state index in [1.165, 1.54) is 87.3 Å². The summed E-state index contributed by atoms with van der Waals surface area (Å²) < 4.78 is 5.51. The molecule has 0 atom stereocenters. The van der Waals surface area contributed by atoms with Crippen LogP contribution in [0.25, 0.3) is 11.1 Å². The summed E-state index contributed by atoms with van der Waals surface area (Å²) in [5.41, 5.74) is 3.89. The average Bonchev–Trinajstić information content (AvgIpc) is 2.85. The zero-order valence-electron chi connectivity index (χ0n) is 21.0. The Kier molecular flexibility index (Phi) is 11.0. The van der Waals surface area contributed by atoms with E-state index in [1.54, 1.807) is 0 Å². The van der Waals surface area contributed by atoms with Gasteiger partial charge in [0.2, 0.25) is 0 Å². The molecule has 1 aliphatic carbocycles. The molecule has 0 bridgehead atoms. The fourth-order valence-electron chi connectivity index (χ4n) is 5.19. The van der Waals surface area contributed by atoms with Crippen LogP contribution in [0.1, 0.15) is 115 Å². The molecule has 0 aliphatic heterocycles. The third-order valence-corrected chi connectivity index (χ3v) is 7.35. The first-order valence-electron chi connectivity index (χ1n) is 13.6. The van der Waals surface area contributed by atoms with Crippen LogP contribution in [-0.4, -0.2) is 5.97 Å². The van der Waals surface area contributed by atoms with Crippen molar-refractivity contribution in [3.8, 4) is 16.9 Å². The summed E-state index contributed by atoms with van der Waals surface area (Å²) in [6, 6.07) is 17.1. The maximum atomic E-state index is 12.1. The maximum Gasteiger partial charge on any atom is 0.311 e. The molecule has 33 heavy (non-hydrogen) atoms. The fraction of sp³-hybridized carbons (Fsp3) is 0.581. The Bertz CT molecular complexity index is 798. The van der Waals surface area contributed by atoms with Crippen LogP contribution >= 0.6 is 0 Å². The largest absolute Gasteiger partial charge is 0.427 e. The molecular weight excluding hydrogens is 404 g/mol. The van der Waals surface area contributed by atoms with Crippen molar-refractivity contribution in [1.82, 2.24) is 0 Å².